The Morgan fingerprint density at radius 2 is 2.05 bits per heavy atom. The molecule has 0 radical (unpaired) electrons. The van der Waals surface area contributed by atoms with E-state index in [2.05, 4.69) is 9.97 Å². The van der Waals surface area contributed by atoms with E-state index in [1.54, 1.807) is 13.0 Å². The molecular formula is C14H14ClFN2O. The van der Waals surface area contributed by atoms with E-state index >= 15 is 0 Å². The molecule has 1 aromatic heterocycles. The SMILES string of the molecule is Cc1nc(-c2ccc(Cl)c(F)c2)[nH]c(=O)c1C(C)C. The van der Waals surface area contributed by atoms with Gasteiger partial charge in [-0.1, -0.05) is 25.4 Å². The number of aromatic amines is 1. The van der Waals surface area contributed by atoms with Crippen LogP contribution < -0.4 is 5.56 Å². The normalized spacial score (nSPS) is 11.1. The average Bonchev–Trinajstić information content (AvgIpc) is 2.31. The summed E-state index contributed by atoms with van der Waals surface area (Å²) in [4.78, 5) is 19.0. The molecule has 2 aromatic rings. The topological polar surface area (TPSA) is 45.8 Å². The lowest BCUT2D eigenvalue weighted by atomic mass is 10.0. The van der Waals surface area contributed by atoms with Crippen LogP contribution in [0.25, 0.3) is 11.4 Å². The van der Waals surface area contributed by atoms with Crippen LogP contribution in [0.15, 0.2) is 23.0 Å². The van der Waals surface area contributed by atoms with Gasteiger partial charge in [0.2, 0.25) is 0 Å². The van der Waals surface area contributed by atoms with E-state index < -0.39 is 5.82 Å². The summed E-state index contributed by atoms with van der Waals surface area (Å²) < 4.78 is 13.4. The van der Waals surface area contributed by atoms with Crippen molar-refractivity contribution in [3.8, 4) is 11.4 Å². The van der Waals surface area contributed by atoms with Gasteiger partial charge in [0.15, 0.2) is 0 Å². The van der Waals surface area contributed by atoms with Crippen molar-refractivity contribution >= 4 is 11.6 Å². The quantitative estimate of drug-likeness (QED) is 0.912. The van der Waals surface area contributed by atoms with Crippen LogP contribution in [0, 0.1) is 12.7 Å². The van der Waals surface area contributed by atoms with Crippen LogP contribution in [0.5, 0.6) is 0 Å². The number of aromatic nitrogens is 2. The summed E-state index contributed by atoms with van der Waals surface area (Å²) in [7, 11) is 0. The number of nitrogens with one attached hydrogen (secondary N) is 1. The smallest absolute Gasteiger partial charge is 0.254 e. The highest BCUT2D eigenvalue weighted by Gasteiger charge is 2.13. The highest BCUT2D eigenvalue weighted by atomic mass is 35.5. The van der Waals surface area contributed by atoms with Crippen molar-refractivity contribution in [2.75, 3.05) is 0 Å². The van der Waals surface area contributed by atoms with E-state index in [0.717, 1.165) is 0 Å². The Morgan fingerprint density at radius 3 is 2.58 bits per heavy atom. The molecule has 0 atom stereocenters. The number of rotatable bonds is 2. The monoisotopic (exact) mass is 280 g/mol. The Morgan fingerprint density at radius 1 is 1.37 bits per heavy atom. The fraction of sp³-hybridized carbons (Fsp3) is 0.286. The summed E-state index contributed by atoms with van der Waals surface area (Å²) in [5.74, 6) is -0.0953. The molecule has 0 unspecified atom stereocenters. The van der Waals surface area contributed by atoms with Gasteiger partial charge in [0.05, 0.1) is 5.02 Å². The Kier molecular flexibility index (Phi) is 3.71. The average molecular weight is 281 g/mol. The number of hydrogen-bond donors (Lipinski definition) is 1. The van der Waals surface area contributed by atoms with E-state index in [1.165, 1.54) is 12.1 Å². The number of aryl methyl sites for hydroxylation is 1. The van der Waals surface area contributed by atoms with E-state index in [4.69, 9.17) is 11.6 Å². The number of benzene rings is 1. The first-order chi connectivity index (χ1) is 8.90. The molecule has 0 saturated heterocycles. The Balaban J connectivity index is 2.58. The third-order valence-corrected chi connectivity index (χ3v) is 3.22. The first kappa shape index (κ1) is 13.7. The zero-order chi connectivity index (χ0) is 14.2. The standard InChI is InChI=1S/C14H14ClFN2O/c1-7(2)12-8(3)17-13(18-14(12)19)9-4-5-10(15)11(16)6-9/h4-7H,1-3H3,(H,17,18,19). The molecule has 0 spiro atoms. The maximum absolute atomic E-state index is 13.4. The zero-order valence-electron chi connectivity index (χ0n) is 10.9. The second kappa shape index (κ2) is 5.13. The molecule has 5 heteroatoms. The number of nitrogens with zero attached hydrogens (tertiary/aromatic N) is 1. The number of hydrogen-bond acceptors (Lipinski definition) is 2. The summed E-state index contributed by atoms with van der Waals surface area (Å²) in [6, 6.07) is 4.32. The van der Waals surface area contributed by atoms with Crippen LogP contribution in [-0.4, -0.2) is 9.97 Å². The van der Waals surface area contributed by atoms with Crippen LogP contribution in [0.3, 0.4) is 0 Å². The van der Waals surface area contributed by atoms with Gasteiger partial charge in [0.1, 0.15) is 11.6 Å². The van der Waals surface area contributed by atoms with Gasteiger partial charge < -0.3 is 4.98 Å². The zero-order valence-corrected chi connectivity index (χ0v) is 11.7. The molecule has 0 aliphatic rings. The number of halogens is 2. The molecule has 1 aromatic carbocycles. The minimum Gasteiger partial charge on any atom is -0.306 e. The lowest BCUT2D eigenvalue weighted by Gasteiger charge is -2.10. The van der Waals surface area contributed by atoms with Crippen molar-refractivity contribution in [2.45, 2.75) is 26.7 Å². The molecule has 0 saturated carbocycles. The first-order valence-corrected chi connectivity index (χ1v) is 6.34. The molecular weight excluding hydrogens is 267 g/mol. The molecule has 3 nitrogen and oxygen atoms in total. The lowest BCUT2D eigenvalue weighted by Crippen LogP contribution is -2.18. The van der Waals surface area contributed by atoms with Crippen molar-refractivity contribution in [1.82, 2.24) is 9.97 Å². The van der Waals surface area contributed by atoms with Crippen molar-refractivity contribution in [1.29, 1.82) is 0 Å². The molecule has 2 rings (SSSR count). The minimum atomic E-state index is -0.535. The van der Waals surface area contributed by atoms with Crippen molar-refractivity contribution in [3.05, 3.63) is 50.7 Å². The molecule has 1 heterocycles. The van der Waals surface area contributed by atoms with E-state index in [-0.39, 0.29) is 16.5 Å². The molecule has 100 valence electrons. The van der Waals surface area contributed by atoms with Crippen LogP contribution in [0.4, 0.5) is 4.39 Å². The Labute approximate surface area is 115 Å². The fourth-order valence-corrected chi connectivity index (χ4v) is 2.17. The Hall–Kier alpha value is -1.68. The molecule has 0 aliphatic carbocycles. The van der Waals surface area contributed by atoms with Gasteiger partial charge in [-0.15, -0.1) is 0 Å². The maximum atomic E-state index is 13.4. The minimum absolute atomic E-state index is 0.0432. The molecule has 19 heavy (non-hydrogen) atoms. The summed E-state index contributed by atoms with van der Waals surface area (Å²) >= 11 is 5.63. The predicted octanol–water partition coefficient (Wildman–Crippen LogP) is 3.66. The van der Waals surface area contributed by atoms with Crippen LogP contribution >= 0.6 is 11.6 Å². The van der Waals surface area contributed by atoms with Gasteiger partial charge in [-0.05, 0) is 31.0 Å². The fourth-order valence-electron chi connectivity index (χ4n) is 2.06. The van der Waals surface area contributed by atoms with Crippen LogP contribution in [0.2, 0.25) is 5.02 Å². The highest BCUT2D eigenvalue weighted by molar-refractivity contribution is 6.30. The van der Waals surface area contributed by atoms with Gasteiger partial charge in [0, 0.05) is 16.8 Å². The second-order valence-electron chi connectivity index (χ2n) is 4.70. The summed E-state index contributed by atoms with van der Waals surface area (Å²) in [6.45, 7) is 5.64. The summed E-state index contributed by atoms with van der Waals surface area (Å²) in [5, 5.41) is 0.0432. The Bertz CT molecular complexity index is 680. The highest BCUT2D eigenvalue weighted by Crippen LogP contribution is 2.22. The molecule has 1 N–H and O–H groups in total. The van der Waals surface area contributed by atoms with Crippen molar-refractivity contribution < 1.29 is 4.39 Å². The van der Waals surface area contributed by atoms with E-state index in [9.17, 15) is 9.18 Å². The summed E-state index contributed by atoms with van der Waals surface area (Å²) in [5.41, 5.74) is 1.62. The molecule has 0 amide bonds. The molecule has 0 bridgehead atoms. The number of H-pyrrole nitrogens is 1. The van der Waals surface area contributed by atoms with E-state index in [0.29, 0.717) is 22.6 Å². The van der Waals surface area contributed by atoms with Gasteiger partial charge in [-0.3, -0.25) is 4.79 Å². The van der Waals surface area contributed by atoms with Crippen molar-refractivity contribution in [2.24, 2.45) is 0 Å². The van der Waals surface area contributed by atoms with Gasteiger partial charge in [-0.2, -0.15) is 0 Å². The van der Waals surface area contributed by atoms with Crippen LogP contribution in [0.1, 0.15) is 31.0 Å². The molecule has 0 fully saturated rings. The van der Waals surface area contributed by atoms with Crippen molar-refractivity contribution in [3.63, 3.8) is 0 Å². The molecule has 0 aliphatic heterocycles. The van der Waals surface area contributed by atoms with Crippen LogP contribution in [-0.2, 0) is 0 Å². The predicted molar refractivity (Wildman–Crippen MR) is 74.1 cm³/mol. The second-order valence-corrected chi connectivity index (χ2v) is 5.10. The summed E-state index contributed by atoms with van der Waals surface area (Å²) in [6.07, 6.45) is 0. The van der Waals surface area contributed by atoms with E-state index in [1.807, 2.05) is 13.8 Å². The van der Waals surface area contributed by atoms with Gasteiger partial charge >= 0.3 is 0 Å². The largest absolute Gasteiger partial charge is 0.306 e. The third-order valence-electron chi connectivity index (χ3n) is 2.92. The maximum Gasteiger partial charge on any atom is 0.254 e. The lowest BCUT2D eigenvalue weighted by molar-refractivity contribution is 0.628. The van der Waals surface area contributed by atoms with Gasteiger partial charge in [-0.25, -0.2) is 9.37 Å². The third kappa shape index (κ3) is 2.68. The first-order valence-electron chi connectivity index (χ1n) is 5.96. The van der Waals surface area contributed by atoms with Gasteiger partial charge in [0.25, 0.3) is 5.56 Å².